The number of nitrogens with one attached hydrogen (secondary N) is 2. The van der Waals surface area contributed by atoms with Gasteiger partial charge in [-0.05, 0) is 29.8 Å². The van der Waals surface area contributed by atoms with Gasteiger partial charge in [-0.2, -0.15) is 0 Å². The number of rotatable bonds is 10. The second-order valence-electron chi connectivity index (χ2n) is 7.94. The first kappa shape index (κ1) is 23.0. The third-order valence-electron chi connectivity index (χ3n) is 5.58. The van der Waals surface area contributed by atoms with Crippen molar-refractivity contribution in [1.82, 2.24) is 20.2 Å². The molecule has 10 heteroatoms. The van der Waals surface area contributed by atoms with Crippen LogP contribution in [0.15, 0.2) is 78.9 Å². The third-order valence-corrected chi connectivity index (χ3v) is 5.58. The standard InChI is InChI=1S/C26H26N6O4/c1-33-19-10-11-23(34-2)22(13-19)28-26-29-24(30-31-26)21-9-6-12-27-25(21)32(15-20-16-35-17-36-20)14-18-7-4-3-5-8-18/h3-13,16H,14-15,17H2,1-2H3,(H2,28,29,30,31). The highest BCUT2D eigenvalue weighted by molar-refractivity contribution is 5.73. The number of anilines is 3. The summed E-state index contributed by atoms with van der Waals surface area (Å²) in [7, 11) is 3.22. The molecule has 0 saturated heterocycles. The van der Waals surface area contributed by atoms with E-state index in [1.165, 1.54) is 0 Å². The van der Waals surface area contributed by atoms with Gasteiger partial charge in [-0.25, -0.2) is 4.98 Å². The van der Waals surface area contributed by atoms with Gasteiger partial charge in [0.15, 0.2) is 11.6 Å². The minimum atomic E-state index is 0.217. The molecule has 10 nitrogen and oxygen atoms in total. The molecule has 0 spiro atoms. The maximum atomic E-state index is 5.60. The van der Waals surface area contributed by atoms with Gasteiger partial charge < -0.3 is 34.1 Å². The molecule has 1 aliphatic rings. The quantitative estimate of drug-likeness (QED) is 0.335. The summed E-state index contributed by atoms with van der Waals surface area (Å²) < 4.78 is 21.7. The second kappa shape index (κ2) is 10.7. The van der Waals surface area contributed by atoms with E-state index in [-0.39, 0.29) is 6.79 Å². The molecule has 36 heavy (non-hydrogen) atoms. The predicted octanol–water partition coefficient (Wildman–Crippen LogP) is 4.48. The molecule has 3 heterocycles. The Morgan fingerprint density at radius 2 is 1.89 bits per heavy atom. The summed E-state index contributed by atoms with van der Waals surface area (Å²) in [5.74, 6) is 3.83. The van der Waals surface area contributed by atoms with Crippen LogP contribution in [0.4, 0.5) is 17.5 Å². The van der Waals surface area contributed by atoms with Crippen molar-refractivity contribution in [2.24, 2.45) is 0 Å². The summed E-state index contributed by atoms with van der Waals surface area (Å²) in [6, 6.07) is 19.5. The second-order valence-corrected chi connectivity index (χ2v) is 7.94. The summed E-state index contributed by atoms with van der Waals surface area (Å²) >= 11 is 0. The van der Waals surface area contributed by atoms with Gasteiger partial charge >= 0.3 is 0 Å². The topological polar surface area (TPSA) is 107 Å². The first-order chi connectivity index (χ1) is 17.7. The fourth-order valence-corrected chi connectivity index (χ4v) is 3.86. The first-order valence-corrected chi connectivity index (χ1v) is 11.3. The molecule has 1 aliphatic heterocycles. The number of benzene rings is 2. The Hall–Kier alpha value is -4.73. The van der Waals surface area contributed by atoms with Gasteiger partial charge in [0, 0.05) is 18.8 Å². The van der Waals surface area contributed by atoms with Crippen molar-refractivity contribution in [3.05, 3.63) is 84.4 Å². The molecule has 0 saturated carbocycles. The number of pyridine rings is 1. The summed E-state index contributed by atoms with van der Waals surface area (Å²) in [4.78, 5) is 10.1. The van der Waals surface area contributed by atoms with Crippen LogP contribution in [0.25, 0.3) is 11.4 Å². The van der Waals surface area contributed by atoms with Crippen molar-refractivity contribution < 1.29 is 18.9 Å². The zero-order valence-corrected chi connectivity index (χ0v) is 20.0. The van der Waals surface area contributed by atoms with Crippen molar-refractivity contribution >= 4 is 17.5 Å². The lowest BCUT2D eigenvalue weighted by Gasteiger charge is -2.25. The van der Waals surface area contributed by atoms with Crippen molar-refractivity contribution in [3.63, 3.8) is 0 Å². The van der Waals surface area contributed by atoms with Crippen LogP contribution in [-0.4, -0.2) is 47.7 Å². The molecule has 184 valence electrons. The van der Waals surface area contributed by atoms with E-state index >= 15 is 0 Å². The predicted molar refractivity (Wildman–Crippen MR) is 135 cm³/mol. The Morgan fingerprint density at radius 3 is 2.67 bits per heavy atom. The third kappa shape index (κ3) is 5.17. The Labute approximate surface area is 208 Å². The van der Waals surface area contributed by atoms with E-state index in [0.717, 1.165) is 22.7 Å². The highest BCUT2D eigenvalue weighted by Crippen LogP contribution is 2.32. The van der Waals surface area contributed by atoms with Crippen LogP contribution < -0.4 is 19.7 Å². The van der Waals surface area contributed by atoms with Crippen LogP contribution >= 0.6 is 0 Å². The summed E-state index contributed by atoms with van der Waals surface area (Å²) in [6.07, 6.45) is 3.40. The lowest BCUT2D eigenvalue weighted by molar-refractivity contribution is 0.0797. The number of methoxy groups -OCH3 is 2. The van der Waals surface area contributed by atoms with Gasteiger partial charge in [0.2, 0.25) is 12.7 Å². The Bertz CT molecular complexity index is 1340. The molecule has 2 aromatic heterocycles. The van der Waals surface area contributed by atoms with E-state index in [2.05, 4.69) is 37.5 Å². The van der Waals surface area contributed by atoms with Crippen molar-refractivity contribution in [2.45, 2.75) is 6.54 Å². The van der Waals surface area contributed by atoms with Crippen LogP contribution in [0, 0.1) is 0 Å². The number of aromatic nitrogens is 4. The van der Waals surface area contributed by atoms with Crippen LogP contribution in [0.3, 0.4) is 0 Å². The van der Waals surface area contributed by atoms with Gasteiger partial charge in [0.05, 0.1) is 32.0 Å². The average molecular weight is 487 g/mol. The lowest BCUT2D eigenvalue weighted by Crippen LogP contribution is -2.27. The normalized spacial score (nSPS) is 12.3. The molecule has 0 bridgehead atoms. The van der Waals surface area contributed by atoms with Gasteiger partial charge in [-0.3, -0.25) is 0 Å². The SMILES string of the molecule is COc1ccc(OC)c(Nc2nnc(-c3cccnc3N(CC3=COCO3)Cc3ccccc3)[nH]2)c1. The fourth-order valence-electron chi connectivity index (χ4n) is 3.86. The summed E-state index contributed by atoms with van der Waals surface area (Å²) in [5, 5.41) is 11.9. The highest BCUT2D eigenvalue weighted by atomic mass is 16.7. The molecule has 0 atom stereocenters. The van der Waals surface area contributed by atoms with Gasteiger partial charge in [-0.15, -0.1) is 10.2 Å². The molecule has 5 rings (SSSR count). The molecule has 2 N–H and O–H groups in total. The van der Waals surface area contributed by atoms with E-state index < -0.39 is 0 Å². The van der Waals surface area contributed by atoms with Crippen LogP contribution in [0.2, 0.25) is 0 Å². The molecule has 0 aliphatic carbocycles. The Morgan fingerprint density at radius 1 is 1.00 bits per heavy atom. The van der Waals surface area contributed by atoms with Gasteiger partial charge in [0.25, 0.3) is 0 Å². The number of aromatic amines is 1. The summed E-state index contributed by atoms with van der Waals surface area (Å²) in [5.41, 5.74) is 2.63. The average Bonchev–Trinajstić information content (AvgIpc) is 3.61. The Kier molecular flexibility index (Phi) is 6.83. The first-order valence-electron chi connectivity index (χ1n) is 11.3. The summed E-state index contributed by atoms with van der Waals surface area (Å²) in [6.45, 7) is 1.32. The number of nitrogens with zero attached hydrogens (tertiary/aromatic N) is 4. The molecule has 4 aromatic rings. The molecular weight excluding hydrogens is 460 g/mol. The lowest BCUT2D eigenvalue weighted by atomic mass is 10.1. The maximum Gasteiger partial charge on any atom is 0.229 e. The van der Waals surface area contributed by atoms with Crippen molar-refractivity contribution in [3.8, 4) is 22.9 Å². The minimum absolute atomic E-state index is 0.217. The van der Waals surface area contributed by atoms with Crippen molar-refractivity contribution in [2.75, 3.05) is 37.8 Å². The Balaban J connectivity index is 1.45. The van der Waals surface area contributed by atoms with E-state index in [1.807, 2.05) is 48.5 Å². The minimum Gasteiger partial charge on any atom is -0.497 e. The van der Waals surface area contributed by atoms with Crippen LogP contribution in [0.5, 0.6) is 11.5 Å². The molecule has 0 amide bonds. The van der Waals surface area contributed by atoms with E-state index in [4.69, 9.17) is 23.9 Å². The smallest absolute Gasteiger partial charge is 0.229 e. The van der Waals surface area contributed by atoms with E-state index in [9.17, 15) is 0 Å². The van der Waals surface area contributed by atoms with Crippen LogP contribution in [0.1, 0.15) is 5.56 Å². The molecule has 0 unspecified atom stereocenters. The van der Waals surface area contributed by atoms with Crippen LogP contribution in [-0.2, 0) is 16.0 Å². The monoisotopic (exact) mass is 486 g/mol. The fraction of sp³-hybridized carbons (Fsp3) is 0.192. The van der Waals surface area contributed by atoms with Crippen molar-refractivity contribution in [1.29, 1.82) is 0 Å². The molecule has 0 radical (unpaired) electrons. The molecular formula is C26H26N6O4. The number of hydrogen-bond acceptors (Lipinski definition) is 9. The number of ether oxygens (including phenoxy) is 4. The maximum absolute atomic E-state index is 5.60. The zero-order chi connectivity index (χ0) is 24.7. The number of hydrogen-bond donors (Lipinski definition) is 2. The number of H-pyrrole nitrogens is 1. The van der Waals surface area contributed by atoms with E-state index in [0.29, 0.717) is 42.0 Å². The largest absolute Gasteiger partial charge is 0.497 e. The molecule has 2 aromatic carbocycles. The highest BCUT2D eigenvalue weighted by Gasteiger charge is 2.21. The zero-order valence-electron chi connectivity index (χ0n) is 20.0. The van der Waals surface area contributed by atoms with E-state index in [1.54, 1.807) is 26.7 Å². The molecule has 0 fully saturated rings. The van der Waals surface area contributed by atoms with Gasteiger partial charge in [-0.1, -0.05) is 30.3 Å². The van der Waals surface area contributed by atoms with Gasteiger partial charge in [0.1, 0.15) is 23.6 Å².